The quantitative estimate of drug-likeness (QED) is 0.838. The summed E-state index contributed by atoms with van der Waals surface area (Å²) in [5.41, 5.74) is -0.439. The van der Waals surface area contributed by atoms with Crippen LogP contribution in [0.5, 0.6) is 0 Å². The molecule has 0 fully saturated rings. The fourth-order valence-corrected chi connectivity index (χ4v) is 1.11. The lowest BCUT2D eigenvalue weighted by molar-refractivity contribution is -0.176. The molecule has 17 heavy (non-hydrogen) atoms. The summed E-state index contributed by atoms with van der Waals surface area (Å²) in [6, 6.07) is 2.97. The fraction of sp³-hybridized carbons (Fsp3) is 0.300. The van der Waals surface area contributed by atoms with E-state index in [1.54, 1.807) is 0 Å². The van der Waals surface area contributed by atoms with E-state index in [4.69, 9.17) is 5.11 Å². The van der Waals surface area contributed by atoms with E-state index in [2.05, 4.69) is 4.74 Å². The largest absolute Gasteiger partial charge is 0.478 e. The fourth-order valence-electron chi connectivity index (χ4n) is 1.11. The van der Waals surface area contributed by atoms with Crippen LogP contribution in [0.2, 0.25) is 0 Å². The lowest BCUT2D eigenvalue weighted by Crippen LogP contribution is -2.16. The van der Waals surface area contributed by atoms with Gasteiger partial charge in [-0.15, -0.1) is 0 Å². The Hall–Kier alpha value is -1.63. The first-order valence-corrected chi connectivity index (χ1v) is 4.46. The summed E-state index contributed by atoms with van der Waals surface area (Å²) in [5.74, 6) is -2.43. The number of carboxylic acid groups (broad SMARTS) is 1. The first-order chi connectivity index (χ1) is 7.79. The van der Waals surface area contributed by atoms with E-state index in [1.165, 1.54) is 0 Å². The summed E-state index contributed by atoms with van der Waals surface area (Å²) in [4.78, 5) is 10.5. The van der Waals surface area contributed by atoms with E-state index in [0.717, 1.165) is 18.2 Å². The van der Waals surface area contributed by atoms with Crippen LogP contribution < -0.4 is 0 Å². The van der Waals surface area contributed by atoms with Crippen molar-refractivity contribution in [2.45, 2.75) is 12.8 Å². The van der Waals surface area contributed by atoms with Crippen molar-refractivity contribution in [1.29, 1.82) is 0 Å². The molecule has 0 spiro atoms. The van der Waals surface area contributed by atoms with Crippen molar-refractivity contribution in [2.24, 2.45) is 0 Å². The maximum atomic E-state index is 12.9. The number of carbonyl (C=O) groups is 1. The van der Waals surface area contributed by atoms with Gasteiger partial charge in [-0.1, -0.05) is 6.07 Å². The predicted octanol–water partition coefficient (Wildman–Crippen LogP) is 2.60. The summed E-state index contributed by atoms with van der Waals surface area (Å²) >= 11 is 0. The minimum absolute atomic E-state index is 0.160. The molecule has 0 amide bonds. The van der Waals surface area contributed by atoms with E-state index in [1.807, 2.05) is 0 Å². The highest BCUT2D eigenvalue weighted by Gasteiger charge is 2.27. The summed E-state index contributed by atoms with van der Waals surface area (Å²) in [7, 11) is 0. The summed E-state index contributed by atoms with van der Waals surface area (Å²) in [6.07, 6.45) is -4.45. The van der Waals surface area contributed by atoms with Crippen molar-refractivity contribution in [3.63, 3.8) is 0 Å². The second kappa shape index (κ2) is 5.13. The topological polar surface area (TPSA) is 46.5 Å². The van der Waals surface area contributed by atoms with Crippen molar-refractivity contribution >= 4 is 5.97 Å². The second-order valence-electron chi connectivity index (χ2n) is 3.23. The molecule has 7 heteroatoms. The van der Waals surface area contributed by atoms with E-state index in [9.17, 15) is 22.4 Å². The Kier molecular flexibility index (Phi) is 4.06. The number of rotatable bonds is 4. The van der Waals surface area contributed by atoms with Gasteiger partial charge < -0.3 is 9.84 Å². The number of carboxylic acids is 1. The Labute approximate surface area is 93.6 Å². The van der Waals surface area contributed by atoms with E-state index >= 15 is 0 Å². The number of halogens is 4. The molecule has 0 aliphatic carbocycles. The van der Waals surface area contributed by atoms with Crippen molar-refractivity contribution in [3.05, 3.63) is 35.1 Å². The Bertz CT molecular complexity index is 415. The lowest BCUT2D eigenvalue weighted by Gasteiger charge is -2.08. The molecule has 1 aromatic carbocycles. The van der Waals surface area contributed by atoms with E-state index in [0.29, 0.717) is 0 Å². The molecule has 3 nitrogen and oxygen atoms in total. The molecule has 0 aliphatic heterocycles. The zero-order chi connectivity index (χ0) is 13.1. The van der Waals surface area contributed by atoms with Gasteiger partial charge >= 0.3 is 12.1 Å². The zero-order valence-corrected chi connectivity index (χ0v) is 8.42. The van der Waals surface area contributed by atoms with Crippen LogP contribution in [0.15, 0.2) is 18.2 Å². The molecular weight excluding hydrogens is 244 g/mol. The molecule has 0 aromatic heterocycles. The molecule has 0 saturated heterocycles. The third-order valence-corrected chi connectivity index (χ3v) is 1.80. The molecule has 1 N–H and O–H groups in total. The third kappa shape index (κ3) is 4.39. The molecule has 0 saturated carbocycles. The average molecular weight is 252 g/mol. The monoisotopic (exact) mass is 252 g/mol. The van der Waals surface area contributed by atoms with Gasteiger partial charge in [-0.2, -0.15) is 13.2 Å². The van der Waals surface area contributed by atoms with Gasteiger partial charge in [0.25, 0.3) is 0 Å². The second-order valence-corrected chi connectivity index (χ2v) is 3.23. The molecular formula is C10H8F4O3. The standard InChI is InChI=1S/C10H8F4O3/c11-8-2-1-6(3-7(8)9(15)16)4-17-5-10(12,13)14/h1-3H,4-5H2,(H,15,16). The number of hydrogen-bond acceptors (Lipinski definition) is 2. The minimum Gasteiger partial charge on any atom is -0.478 e. The molecule has 94 valence electrons. The van der Waals surface area contributed by atoms with Crippen LogP contribution in [0, 0.1) is 5.82 Å². The van der Waals surface area contributed by atoms with Gasteiger partial charge in [0.05, 0.1) is 12.2 Å². The first kappa shape index (κ1) is 13.4. The van der Waals surface area contributed by atoms with Gasteiger partial charge in [0.15, 0.2) is 0 Å². The summed E-state index contributed by atoms with van der Waals surface area (Å²) in [6.45, 7) is -1.87. The molecule has 0 radical (unpaired) electrons. The van der Waals surface area contributed by atoms with Gasteiger partial charge in [-0.05, 0) is 17.7 Å². The van der Waals surface area contributed by atoms with Gasteiger partial charge in [0, 0.05) is 0 Å². The van der Waals surface area contributed by atoms with Crippen molar-refractivity contribution in [2.75, 3.05) is 6.61 Å². The lowest BCUT2D eigenvalue weighted by atomic mass is 10.1. The smallest absolute Gasteiger partial charge is 0.411 e. The van der Waals surface area contributed by atoms with Crippen LogP contribution >= 0.6 is 0 Å². The Morgan fingerprint density at radius 3 is 2.53 bits per heavy atom. The maximum Gasteiger partial charge on any atom is 0.411 e. The number of alkyl halides is 3. The highest BCUT2D eigenvalue weighted by molar-refractivity contribution is 5.88. The number of ether oxygens (including phenoxy) is 1. The highest BCUT2D eigenvalue weighted by Crippen LogP contribution is 2.16. The van der Waals surface area contributed by atoms with Crippen molar-refractivity contribution in [3.8, 4) is 0 Å². The van der Waals surface area contributed by atoms with Gasteiger partial charge in [0.1, 0.15) is 12.4 Å². The highest BCUT2D eigenvalue weighted by atomic mass is 19.4. The van der Waals surface area contributed by atoms with Gasteiger partial charge in [0.2, 0.25) is 0 Å². The average Bonchev–Trinajstić information content (AvgIpc) is 2.18. The molecule has 0 aliphatic rings. The predicted molar refractivity (Wildman–Crippen MR) is 49.1 cm³/mol. The van der Waals surface area contributed by atoms with Crippen molar-refractivity contribution < 1.29 is 32.2 Å². The van der Waals surface area contributed by atoms with Crippen LogP contribution in [0.1, 0.15) is 15.9 Å². The van der Waals surface area contributed by atoms with Crippen molar-refractivity contribution in [1.82, 2.24) is 0 Å². The Morgan fingerprint density at radius 2 is 2.00 bits per heavy atom. The van der Waals surface area contributed by atoms with Gasteiger partial charge in [-0.3, -0.25) is 0 Å². The Balaban J connectivity index is 2.67. The molecule has 1 rings (SSSR count). The number of hydrogen-bond donors (Lipinski definition) is 1. The molecule has 0 bridgehead atoms. The first-order valence-electron chi connectivity index (χ1n) is 4.46. The molecule has 0 unspecified atom stereocenters. The maximum absolute atomic E-state index is 12.9. The van der Waals surface area contributed by atoms with Crippen LogP contribution in [0.4, 0.5) is 17.6 Å². The molecule has 0 heterocycles. The minimum atomic E-state index is -4.45. The van der Waals surface area contributed by atoms with Gasteiger partial charge in [-0.25, -0.2) is 9.18 Å². The van der Waals surface area contributed by atoms with Crippen LogP contribution in [0.3, 0.4) is 0 Å². The normalized spacial score (nSPS) is 11.5. The summed E-state index contributed by atoms with van der Waals surface area (Å²) in [5, 5.41) is 8.58. The third-order valence-electron chi connectivity index (χ3n) is 1.80. The molecule has 1 aromatic rings. The van der Waals surface area contributed by atoms with Crippen LogP contribution in [0.25, 0.3) is 0 Å². The summed E-state index contributed by atoms with van der Waals surface area (Å²) < 4.78 is 52.5. The Morgan fingerprint density at radius 1 is 1.35 bits per heavy atom. The van der Waals surface area contributed by atoms with Crippen LogP contribution in [-0.4, -0.2) is 23.9 Å². The molecule has 0 atom stereocenters. The van der Waals surface area contributed by atoms with E-state index in [-0.39, 0.29) is 5.56 Å². The van der Waals surface area contributed by atoms with Crippen LogP contribution in [-0.2, 0) is 11.3 Å². The van der Waals surface area contributed by atoms with E-state index < -0.39 is 36.7 Å². The SMILES string of the molecule is O=C(O)c1cc(COCC(F)(F)F)ccc1F. The number of aromatic carboxylic acids is 1. The zero-order valence-electron chi connectivity index (χ0n) is 8.42. The number of benzene rings is 1.